The molecule has 1 aromatic heterocycles. The van der Waals surface area contributed by atoms with Crippen LogP contribution < -0.4 is 10.9 Å². The van der Waals surface area contributed by atoms with E-state index in [2.05, 4.69) is 15.6 Å². The third-order valence-corrected chi connectivity index (χ3v) is 4.10. The number of amides is 2. The summed E-state index contributed by atoms with van der Waals surface area (Å²) in [6.07, 6.45) is 1.41. The summed E-state index contributed by atoms with van der Waals surface area (Å²) in [6, 6.07) is 7.29. The van der Waals surface area contributed by atoms with Gasteiger partial charge in [-0.2, -0.15) is 0 Å². The number of urea groups is 1. The highest BCUT2D eigenvalue weighted by Crippen LogP contribution is 2.20. The van der Waals surface area contributed by atoms with E-state index in [1.165, 1.54) is 4.68 Å². The quantitative estimate of drug-likeness (QED) is 0.912. The first kappa shape index (κ1) is 15.5. The number of piperidine rings is 1. The van der Waals surface area contributed by atoms with Crippen LogP contribution in [0.3, 0.4) is 0 Å². The Morgan fingerprint density at radius 3 is 2.65 bits per heavy atom. The molecule has 1 N–H and O–H groups in total. The number of hydrogen-bond acceptors (Lipinski definition) is 4. The first-order chi connectivity index (χ1) is 11.1. The smallest absolute Gasteiger partial charge is 0.317 e. The van der Waals surface area contributed by atoms with E-state index in [-0.39, 0.29) is 23.7 Å². The van der Waals surface area contributed by atoms with Crippen molar-refractivity contribution in [1.82, 2.24) is 25.2 Å². The molecule has 1 saturated heterocycles. The van der Waals surface area contributed by atoms with Crippen molar-refractivity contribution in [2.24, 2.45) is 0 Å². The summed E-state index contributed by atoms with van der Waals surface area (Å²) in [7, 11) is 0. The van der Waals surface area contributed by atoms with Crippen LogP contribution in [-0.4, -0.2) is 45.1 Å². The third kappa shape index (κ3) is 3.18. The van der Waals surface area contributed by atoms with E-state index in [0.717, 1.165) is 0 Å². The lowest BCUT2D eigenvalue weighted by atomic mass is 10.1. The average Bonchev–Trinajstić information content (AvgIpc) is 2.55. The van der Waals surface area contributed by atoms with Crippen LogP contribution in [0.1, 0.15) is 32.7 Å². The summed E-state index contributed by atoms with van der Waals surface area (Å²) in [4.78, 5) is 26.4. The summed E-state index contributed by atoms with van der Waals surface area (Å²) in [5.74, 6) is 0. The molecule has 3 rings (SSSR count). The van der Waals surface area contributed by atoms with Crippen LogP contribution in [0.4, 0.5) is 4.79 Å². The molecule has 1 fully saturated rings. The van der Waals surface area contributed by atoms with E-state index in [9.17, 15) is 9.59 Å². The maximum absolute atomic E-state index is 12.6. The normalized spacial score (nSPS) is 16.0. The Labute approximate surface area is 134 Å². The number of fused-ring (bicyclic) bond motifs is 1. The number of rotatable bonds is 2. The molecule has 7 heteroatoms. The molecule has 0 bridgehead atoms. The molecule has 0 spiro atoms. The predicted octanol–water partition coefficient (Wildman–Crippen LogP) is 1.55. The minimum atomic E-state index is -0.110. The van der Waals surface area contributed by atoms with E-state index in [1.807, 2.05) is 26.0 Å². The van der Waals surface area contributed by atoms with Gasteiger partial charge in [0, 0.05) is 19.1 Å². The van der Waals surface area contributed by atoms with Gasteiger partial charge < -0.3 is 10.2 Å². The van der Waals surface area contributed by atoms with Crippen molar-refractivity contribution in [2.75, 3.05) is 13.1 Å². The van der Waals surface area contributed by atoms with E-state index < -0.39 is 0 Å². The molecule has 2 aromatic rings. The molecule has 1 aliphatic heterocycles. The van der Waals surface area contributed by atoms with E-state index in [4.69, 9.17) is 0 Å². The number of hydrogen-bond donors (Lipinski definition) is 1. The molecule has 1 aromatic carbocycles. The summed E-state index contributed by atoms with van der Waals surface area (Å²) in [6.45, 7) is 5.11. The van der Waals surface area contributed by atoms with Crippen LogP contribution in [0.5, 0.6) is 0 Å². The highest BCUT2D eigenvalue weighted by molar-refractivity contribution is 5.76. The monoisotopic (exact) mass is 315 g/mol. The number of likely N-dealkylation sites (tertiary alicyclic amines) is 1. The average molecular weight is 315 g/mol. The van der Waals surface area contributed by atoms with Crippen molar-refractivity contribution in [3.63, 3.8) is 0 Å². The number of carbonyl (C=O) groups excluding carboxylic acids is 1. The van der Waals surface area contributed by atoms with Gasteiger partial charge in [0.25, 0.3) is 5.56 Å². The van der Waals surface area contributed by atoms with Crippen molar-refractivity contribution in [3.8, 4) is 0 Å². The second-order valence-electron chi connectivity index (χ2n) is 6.18. The molecule has 23 heavy (non-hydrogen) atoms. The van der Waals surface area contributed by atoms with Gasteiger partial charge in [-0.1, -0.05) is 17.3 Å². The van der Waals surface area contributed by atoms with Crippen LogP contribution in [0, 0.1) is 0 Å². The van der Waals surface area contributed by atoms with Gasteiger partial charge in [-0.3, -0.25) is 4.79 Å². The first-order valence-corrected chi connectivity index (χ1v) is 7.96. The lowest BCUT2D eigenvalue weighted by Crippen LogP contribution is -2.47. The SMILES string of the molecule is CC(C)NC(=O)N1CCC(n2nnc3ccccc3c2=O)CC1. The Morgan fingerprint density at radius 1 is 1.26 bits per heavy atom. The van der Waals surface area contributed by atoms with Crippen LogP contribution in [0.2, 0.25) is 0 Å². The van der Waals surface area contributed by atoms with Crippen molar-refractivity contribution < 1.29 is 4.79 Å². The molecular formula is C16H21N5O2. The Balaban J connectivity index is 1.74. The molecule has 122 valence electrons. The van der Waals surface area contributed by atoms with Crippen molar-refractivity contribution in [1.29, 1.82) is 0 Å². The van der Waals surface area contributed by atoms with Crippen molar-refractivity contribution in [3.05, 3.63) is 34.6 Å². The molecule has 0 atom stereocenters. The predicted molar refractivity (Wildman–Crippen MR) is 87.3 cm³/mol. The van der Waals surface area contributed by atoms with Gasteiger partial charge in [-0.15, -0.1) is 5.10 Å². The number of nitrogens with zero attached hydrogens (tertiary/aromatic N) is 4. The lowest BCUT2D eigenvalue weighted by Gasteiger charge is -2.32. The van der Waals surface area contributed by atoms with Crippen LogP contribution >= 0.6 is 0 Å². The maximum Gasteiger partial charge on any atom is 0.317 e. The topological polar surface area (TPSA) is 80.1 Å². The lowest BCUT2D eigenvalue weighted by molar-refractivity contribution is 0.164. The largest absolute Gasteiger partial charge is 0.336 e. The fourth-order valence-corrected chi connectivity index (χ4v) is 2.89. The first-order valence-electron chi connectivity index (χ1n) is 7.96. The van der Waals surface area contributed by atoms with Crippen LogP contribution in [-0.2, 0) is 0 Å². The van der Waals surface area contributed by atoms with E-state index in [1.54, 1.807) is 17.0 Å². The van der Waals surface area contributed by atoms with Gasteiger partial charge in [0.05, 0.1) is 11.4 Å². The Hall–Kier alpha value is -2.44. The maximum atomic E-state index is 12.6. The molecule has 0 radical (unpaired) electrons. The number of carbonyl (C=O) groups is 1. The summed E-state index contributed by atoms with van der Waals surface area (Å²) in [5.41, 5.74) is 0.503. The standard InChI is InChI=1S/C16H21N5O2/c1-11(2)17-16(23)20-9-7-12(8-10-20)21-15(22)13-5-3-4-6-14(13)18-19-21/h3-6,11-12H,7-10H2,1-2H3,(H,17,23). The second-order valence-corrected chi connectivity index (χ2v) is 6.18. The van der Waals surface area contributed by atoms with Gasteiger partial charge in [-0.05, 0) is 38.8 Å². The van der Waals surface area contributed by atoms with Crippen LogP contribution in [0.15, 0.2) is 29.1 Å². The zero-order valence-electron chi connectivity index (χ0n) is 13.4. The molecule has 7 nitrogen and oxygen atoms in total. The Morgan fingerprint density at radius 2 is 1.96 bits per heavy atom. The van der Waals surface area contributed by atoms with Gasteiger partial charge in [0.15, 0.2) is 0 Å². The fraction of sp³-hybridized carbons (Fsp3) is 0.500. The Bertz CT molecular complexity index is 762. The zero-order chi connectivity index (χ0) is 16.4. The van der Waals surface area contributed by atoms with Gasteiger partial charge in [0.1, 0.15) is 5.52 Å². The van der Waals surface area contributed by atoms with Gasteiger partial charge in [-0.25, -0.2) is 9.48 Å². The van der Waals surface area contributed by atoms with Gasteiger partial charge >= 0.3 is 6.03 Å². The fourth-order valence-electron chi connectivity index (χ4n) is 2.89. The molecule has 2 heterocycles. The number of aromatic nitrogens is 3. The molecule has 1 aliphatic rings. The number of nitrogens with one attached hydrogen (secondary N) is 1. The number of benzene rings is 1. The molecular weight excluding hydrogens is 294 g/mol. The van der Waals surface area contributed by atoms with E-state index in [0.29, 0.717) is 36.8 Å². The third-order valence-electron chi connectivity index (χ3n) is 4.10. The molecule has 0 unspecified atom stereocenters. The molecule has 2 amide bonds. The van der Waals surface area contributed by atoms with Crippen LogP contribution in [0.25, 0.3) is 10.9 Å². The second kappa shape index (κ2) is 6.36. The van der Waals surface area contributed by atoms with Gasteiger partial charge in [0.2, 0.25) is 0 Å². The minimum Gasteiger partial charge on any atom is -0.336 e. The molecule has 0 aliphatic carbocycles. The summed E-state index contributed by atoms with van der Waals surface area (Å²) in [5, 5.41) is 11.7. The summed E-state index contributed by atoms with van der Waals surface area (Å²) < 4.78 is 1.47. The van der Waals surface area contributed by atoms with E-state index >= 15 is 0 Å². The minimum absolute atomic E-state index is 0.0114. The zero-order valence-corrected chi connectivity index (χ0v) is 13.4. The summed E-state index contributed by atoms with van der Waals surface area (Å²) >= 11 is 0. The Kier molecular flexibility index (Phi) is 4.27. The highest BCUT2D eigenvalue weighted by Gasteiger charge is 2.25. The molecule has 0 saturated carbocycles. The van der Waals surface area contributed by atoms with Crippen molar-refractivity contribution >= 4 is 16.9 Å². The highest BCUT2D eigenvalue weighted by atomic mass is 16.2. The van der Waals surface area contributed by atoms with Crippen molar-refractivity contribution in [2.45, 2.75) is 38.8 Å².